The van der Waals surface area contributed by atoms with Crippen molar-refractivity contribution in [2.24, 2.45) is 5.73 Å². The number of aliphatic hydroxyl groups is 1. The minimum absolute atomic E-state index is 0.444. The molecule has 0 radical (unpaired) electrons. The van der Waals surface area contributed by atoms with Crippen LogP contribution >= 0.6 is 11.3 Å². The molecule has 3 N–H and O–H groups in total. The molecule has 0 saturated heterocycles. The summed E-state index contributed by atoms with van der Waals surface area (Å²) in [5.74, 6) is 0.692. The van der Waals surface area contributed by atoms with E-state index in [-0.39, 0.29) is 0 Å². The van der Waals surface area contributed by atoms with Crippen molar-refractivity contribution >= 4 is 21.6 Å². The Labute approximate surface area is 97.7 Å². The van der Waals surface area contributed by atoms with Gasteiger partial charge in [-0.05, 0) is 25.1 Å². The highest BCUT2D eigenvalue weighted by molar-refractivity contribution is 7.16. The first kappa shape index (κ1) is 11.3. The molecule has 1 unspecified atom stereocenters. The molecule has 0 spiro atoms. The maximum absolute atomic E-state index is 9.95. The molecule has 2 aromatic rings. The number of methoxy groups -OCH3 is 1. The smallest absolute Gasteiger partial charge is 0.126 e. The fourth-order valence-corrected chi connectivity index (χ4v) is 2.34. The first-order valence-electron chi connectivity index (χ1n) is 5.05. The number of thiazole rings is 1. The molecule has 4 nitrogen and oxygen atoms in total. The first-order valence-corrected chi connectivity index (χ1v) is 5.93. The molecule has 0 saturated carbocycles. The zero-order valence-electron chi connectivity index (χ0n) is 9.01. The lowest BCUT2D eigenvalue weighted by atomic mass is 10.1. The molecule has 1 atom stereocenters. The van der Waals surface area contributed by atoms with E-state index in [9.17, 15) is 5.11 Å². The number of nitrogens with zero attached hydrogens (tertiary/aromatic N) is 1. The molecular weight excluding hydrogens is 224 g/mol. The van der Waals surface area contributed by atoms with Crippen molar-refractivity contribution in [1.82, 2.24) is 4.98 Å². The lowest BCUT2D eigenvalue weighted by Crippen LogP contribution is -2.07. The third-order valence-electron chi connectivity index (χ3n) is 2.48. The zero-order chi connectivity index (χ0) is 11.5. The second-order valence-electron chi connectivity index (χ2n) is 3.51. The van der Waals surface area contributed by atoms with E-state index in [0.717, 1.165) is 15.8 Å². The Bertz CT molecular complexity index is 484. The highest BCUT2D eigenvalue weighted by Gasteiger charge is 2.14. The molecule has 0 aliphatic carbocycles. The molecule has 0 bridgehead atoms. The number of aliphatic hydroxyl groups excluding tert-OH is 1. The van der Waals surface area contributed by atoms with Crippen LogP contribution in [0.3, 0.4) is 0 Å². The number of aromatic nitrogens is 1. The van der Waals surface area contributed by atoms with E-state index in [4.69, 9.17) is 10.5 Å². The van der Waals surface area contributed by atoms with E-state index in [1.165, 1.54) is 0 Å². The summed E-state index contributed by atoms with van der Waals surface area (Å²) in [7, 11) is 1.60. The number of hydrogen-bond donors (Lipinski definition) is 2. The molecule has 1 aromatic heterocycles. The van der Waals surface area contributed by atoms with Gasteiger partial charge in [-0.3, -0.25) is 0 Å². The normalized spacial score (nSPS) is 12.9. The Morgan fingerprint density at radius 1 is 1.56 bits per heavy atom. The van der Waals surface area contributed by atoms with Crippen LogP contribution in [0.4, 0.5) is 0 Å². The topological polar surface area (TPSA) is 68.4 Å². The standard InChI is InChI=1S/C11H14N2O2S/c1-15-10-5-11-8(13-6-16-11)4-7(10)9(14)2-3-12/h4-6,9,14H,2-3,12H2,1H3. The van der Waals surface area contributed by atoms with Gasteiger partial charge in [-0.25, -0.2) is 4.98 Å². The number of nitrogens with two attached hydrogens (primary N) is 1. The van der Waals surface area contributed by atoms with Crippen LogP contribution in [0.2, 0.25) is 0 Å². The molecule has 2 rings (SSSR count). The Morgan fingerprint density at radius 3 is 3.06 bits per heavy atom. The van der Waals surface area contributed by atoms with Gasteiger partial charge in [0.25, 0.3) is 0 Å². The van der Waals surface area contributed by atoms with Crippen LogP contribution in [-0.4, -0.2) is 23.7 Å². The molecule has 0 aliphatic rings. The maximum Gasteiger partial charge on any atom is 0.126 e. The van der Waals surface area contributed by atoms with Gasteiger partial charge >= 0.3 is 0 Å². The summed E-state index contributed by atoms with van der Waals surface area (Å²) in [5, 5.41) is 9.95. The molecular formula is C11H14N2O2S. The van der Waals surface area contributed by atoms with Crippen LogP contribution in [0.5, 0.6) is 5.75 Å². The number of ether oxygens (including phenoxy) is 1. The average molecular weight is 238 g/mol. The van der Waals surface area contributed by atoms with E-state index in [0.29, 0.717) is 18.7 Å². The monoisotopic (exact) mass is 238 g/mol. The van der Waals surface area contributed by atoms with Crippen LogP contribution in [0.25, 0.3) is 10.2 Å². The van der Waals surface area contributed by atoms with Gasteiger partial charge in [0.05, 0.1) is 28.9 Å². The molecule has 16 heavy (non-hydrogen) atoms. The summed E-state index contributed by atoms with van der Waals surface area (Å²) in [6.07, 6.45) is -0.0718. The van der Waals surface area contributed by atoms with Crippen LogP contribution in [0.15, 0.2) is 17.6 Å². The Morgan fingerprint density at radius 2 is 2.38 bits per heavy atom. The van der Waals surface area contributed by atoms with Gasteiger partial charge in [-0.1, -0.05) is 0 Å². The summed E-state index contributed by atoms with van der Waals surface area (Å²) in [4.78, 5) is 4.22. The Balaban J connectivity index is 2.48. The van der Waals surface area contributed by atoms with E-state index < -0.39 is 6.10 Å². The number of fused-ring (bicyclic) bond motifs is 1. The Kier molecular flexibility index (Phi) is 3.38. The van der Waals surface area contributed by atoms with Crippen molar-refractivity contribution in [3.8, 4) is 5.75 Å². The molecule has 1 heterocycles. The van der Waals surface area contributed by atoms with Crippen LogP contribution < -0.4 is 10.5 Å². The average Bonchev–Trinajstić information content (AvgIpc) is 2.74. The van der Waals surface area contributed by atoms with Crippen LogP contribution in [0, 0.1) is 0 Å². The third-order valence-corrected chi connectivity index (χ3v) is 3.27. The summed E-state index contributed by atoms with van der Waals surface area (Å²) >= 11 is 1.55. The second kappa shape index (κ2) is 4.78. The van der Waals surface area contributed by atoms with Gasteiger partial charge in [0, 0.05) is 5.56 Å². The summed E-state index contributed by atoms with van der Waals surface area (Å²) in [5.41, 5.74) is 8.86. The molecule has 5 heteroatoms. The summed E-state index contributed by atoms with van der Waals surface area (Å²) < 4.78 is 6.32. The highest BCUT2D eigenvalue weighted by Crippen LogP contribution is 2.32. The SMILES string of the molecule is COc1cc2scnc2cc1C(O)CCN. The van der Waals surface area contributed by atoms with Crippen molar-refractivity contribution in [1.29, 1.82) is 0 Å². The van der Waals surface area contributed by atoms with Crippen molar-refractivity contribution in [3.05, 3.63) is 23.2 Å². The minimum Gasteiger partial charge on any atom is -0.496 e. The predicted molar refractivity (Wildman–Crippen MR) is 64.8 cm³/mol. The summed E-state index contributed by atoms with van der Waals surface area (Å²) in [6.45, 7) is 0.444. The van der Waals surface area contributed by atoms with Gasteiger partial charge in [0.1, 0.15) is 5.75 Å². The van der Waals surface area contributed by atoms with E-state index in [1.54, 1.807) is 24.0 Å². The third kappa shape index (κ3) is 2.02. The fraction of sp³-hybridized carbons (Fsp3) is 0.364. The summed E-state index contributed by atoms with van der Waals surface area (Å²) in [6, 6.07) is 3.77. The Hall–Kier alpha value is -1.17. The molecule has 0 aliphatic heterocycles. The number of rotatable bonds is 4. The largest absolute Gasteiger partial charge is 0.496 e. The number of benzene rings is 1. The predicted octanol–water partition coefficient (Wildman–Crippen LogP) is 1.69. The number of hydrogen-bond acceptors (Lipinski definition) is 5. The van der Waals surface area contributed by atoms with Crippen molar-refractivity contribution in [3.63, 3.8) is 0 Å². The van der Waals surface area contributed by atoms with Gasteiger partial charge in [-0.15, -0.1) is 11.3 Å². The zero-order valence-corrected chi connectivity index (χ0v) is 9.83. The molecule has 0 fully saturated rings. The quantitative estimate of drug-likeness (QED) is 0.850. The molecule has 86 valence electrons. The van der Waals surface area contributed by atoms with Crippen LogP contribution in [0.1, 0.15) is 18.1 Å². The first-order chi connectivity index (χ1) is 7.76. The van der Waals surface area contributed by atoms with E-state index >= 15 is 0 Å². The van der Waals surface area contributed by atoms with Gasteiger partial charge in [0.15, 0.2) is 0 Å². The maximum atomic E-state index is 9.95. The van der Waals surface area contributed by atoms with Crippen molar-refractivity contribution < 1.29 is 9.84 Å². The molecule has 0 amide bonds. The van der Waals surface area contributed by atoms with Crippen LogP contribution in [-0.2, 0) is 0 Å². The lowest BCUT2D eigenvalue weighted by Gasteiger charge is -2.13. The van der Waals surface area contributed by atoms with Gasteiger partial charge in [0.2, 0.25) is 0 Å². The second-order valence-corrected chi connectivity index (χ2v) is 4.39. The highest BCUT2D eigenvalue weighted by atomic mass is 32.1. The fourth-order valence-electron chi connectivity index (χ4n) is 1.65. The van der Waals surface area contributed by atoms with Gasteiger partial charge < -0.3 is 15.6 Å². The lowest BCUT2D eigenvalue weighted by molar-refractivity contribution is 0.166. The molecule has 1 aromatic carbocycles. The van der Waals surface area contributed by atoms with Crippen molar-refractivity contribution in [2.45, 2.75) is 12.5 Å². The van der Waals surface area contributed by atoms with E-state index in [2.05, 4.69) is 4.98 Å². The van der Waals surface area contributed by atoms with Crippen molar-refractivity contribution in [2.75, 3.05) is 13.7 Å². The van der Waals surface area contributed by atoms with Gasteiger partial charge in [-0.2, -0.15) is 0 Å². The van der Waals surface area contributed by atoms with E-state index in [1.807, 2.05) is 12.1 Å². The minimum atomic E-state index is -0.592.